The second kappa shape index (κ2) is 4.79. The van der Waals surface area contributed by atoms with E-state index in [0.717, 1.165) is 22.0 Å². The summed E-state index contributed by atoms with van der Waals surface area (Å²) in [5.41, 5.74) is 4.99. The van der Waals surface area contributed by atoms with Crippen molar-refractivity contribution in [3.05, 3.63) is 47.5 Å². The molecule has 0 radical (unpaired) electrons. The molecule has 0 saturated heterocycles. The van der Waals surface area contributed by atoms with Crippen LogP contribution in [0.4, 0.5) is 5.69 Å². The van der Waals surface area contributed by atoms with Crippen molar-refractivity contribution in [1.82, 2.24) is 0 Å². The lowest BCUT2D eigenvalue weighted by atomic mass is 10.2. The molecule has 1 aromatic rings. The molecule has 1 aliphatic heterocycles. The standard InChI is InChI=1S/C11H11N3S/c1-2-7-15-11-8-9-5-3-4-6-10(9)12-14-13-11/h2-6,8H,1,7H2,(H,12,13). The van der Waals surface area contributed by atoms with Gasteiger partial charge < -0.3 is 0 Å². The maximum Gasteiger partial charge on any atom is 0.121 e. The average molecular weight is 217 g/mol. The van der Waals surface area contributed by atoms with Crippen LogP contribution in [0.25, 0.3) is 6.08 Å². The highest BCUT2D eigenvalue weighted by Gasteiger charge is 2.04. The number of para-hydroxylation sites is 1. The minimum atomic E-state index is 0.840. The van der Waals surface area contributed by atoms with E-state index in [9.17, 15) is 0 Å². The molecule has 3 nitrogen and oxygen atoms in total. The van der Waals surface area contributed by atoms with Gasteiger partial charge in [-0.2, -0.15) is 0 Å². The number of thioether (sulfide) groups is 1. The van der Waals surface area contributed by atoms with Crippen LogP contribution < -0.4 is 5.43 Å². The molecule has 0 fully saturated rings. The number of anilines is 1. The van der Waals surface area contributed by atoms with Crippen molar-refractivity contribution in [2.24, 2.45) is 10.3 Å². The number of rotatable bonds is 3. The lowest BCUT2D eigenvalue weighted by molar-refractivity contribution is 1.13. The smallest absolute Gasteiger partial charge is 0.121 e. The van der Waals surface area contributed by atoms with Crippen molar-refractivity contribution in [1.29, 1.82) is 0 Å². The first-order valence-electron chi connectivity index (χ1n) is 4.61. The molecule has 0 aromatic heterocycles. The quantitative estimate of drug-likeness (QED) is 0.784. The summed E-state index contributed by atoms with van der Waals surface area (Å²) in [6.07, 6.45) is 3.87. The Labute approximate surface area is 93.0 Å². The molecule has 0 spiro atoms. The molecule has 76 valence electrons. The first kappa shape index (κ1) is 9.98. The van der Waals surface area contributed by atoms with E-state index in [2.05, 4.69) is 22.3 Å². The molecule has 4 heteroatoms. The van der Waals surface area contributed by atoms with Crippen LogP contribution >= 0.6 is 11.8 Å². The number of hydrogen-bond acceptors (Lipinski definition) is 4. The monoisotopic (exact) mass is 217 g/mol. The van der Waals surface area contributed by atoms with Gasteiger partial charge in [-0.05, 0) is 12.1 Å². The van der Waals surface area contributed by atoms with E-state index in [1.807, 2.05) is 36.4 Å². The van der Waals surface area contributed by atoms with Gasteiger partial charge in [0, 0.05) is 11.3 Å². The van der Waals surface area contributed by atoms with Crippen LogP contribution in [-0.2, 0) is 0 Å². The van der Waals surface area contributed by atoms with Crippen molar-refractivity contribution in [2.75, 3.05) is 11.2 Å². The molecule has 1 heterocycles. The van der Waals surface area contributed by atoms with E-state index >= 15 is 0 Å². The molecule has 1 N–H and O–H groups in total. The van der Waals surface area contributed by atoms with Crippen LogP contribution in [0.15, 0.2) is 52.3 Å². The Morgan fingerprint density at radius 3 is 3.13 bits per heavy atom. The zero-order chi connectivity index (χ0) is 10.5. The Morgan fingerprint density at radius 2 is 2.27 bits per heavy atom. The number of nitrogens with zero attached hydrogens (tertiary/aromatic N) is 2. The summed E-state index contributed by atoms with van der Waals surface area (Å²) >= 11 is 1.62. The van der Waals surface area contributed by atoms with E-state index in [1.165, 1.54) is 0 Å². The van der Waals surface area contributed by atoms with Gasteiger partial charge in [-0.3, -0.25) is 5.43 Å². The van der Waals surface area contributed by atoms with Gasteiger partial charge in [-0.15, -0.1) is 23.5 Å². The third kappa shape index (κ3) is 2.47. The van der Waals surface area contributed by atoms with Crippen LogP contribution in [0, 0.1) is 0 Å². The highest BCUT2D eigenvalue weighted by molar-refractivity contribution is 8.03. The fraction of sp³-hybridized carbons (Fsp3) is 0.0909. The topological polar surface area (TPSA) is 36.8 Å². The van der Waals surface area contributed by atoms with Crippen molar-refractivity contribution in [3.8, 4) is 0 Å². The van der Waals surface area contributed by atoms with Crippen LogP contribution in [0.5, 0.6) is 0 Å². The summed E-state index contributed by atoms with van der Waals surface area (Å²) < 4.78 is 0. The van der Waals surface area contributed by atoms with Gasteiger partial charge in [0.2, 0.25) is 0 Å². The SMILES string of the molecule is C=CCSC1=Cc2ccccc2NN=N1. The van der Waals surface area contributed by atoms with Gasteiger partial charge in [0.25, 0.3) is 0 Å². The van der Waals surface area contributed by atoms with E-state index in [4.69, 9.17) is 0 Å². The molecule has 1 aromatic carbocycles. The molecule has 0 aliphatic carbocycles. The minimum absolute atomic E-state index is 0.840. The van der Waals surface area contributed by atoms with Crippen molar-refractivity contribution >= 4 is 23.5 Å². The largest absolute Gasteiger partial charge is 0.259 e. The van der Waals surface area contributed by atoms with E-state index in [-0.39, 0.29) is 0 Å². The Hall–Kier alpha value is -1.55. The molecule has 0 amide bonds. The zero-order valence-electron chi connectivity index (χ0n) is 8.18. The van der Waals surface area contributed by atoms with Crippen LogP contribution in [0.1, 0.15) is 5.56 Å². The van der Waals surface area contributed by atoms with Crippen LogP contribution in [-0.4, -0.2) is 5.75 Å². The molecule has 0 atom stereocenters. The Morgan fingerprint density at radius 1 is 1.40 bits per heavy atom. The summed E-state index contributed by atoms with van der Waals surface area (Å²) in [5, 5.41) is 8.86. The molecular formula is C11H11N3S. The van der Waals surface area contributed by atoms with Crippen molar-refractivity contribution < 1.29 is 0 Å². The van der Waals surface area contributed by atoms with Crippen LogP contribution in [0.3, 0.4) is 0 Å². The van der Waals surface area contributed by atoms with E-state index in [1.54, 1.807) is 11.8 Å². The Balaban J connectivity index is 2.27. The average Bonchev–Trinajstić information content (AvgIpc) is 2.47. The third-order valence-electron chi connectivity index (χ3n) is 1.91. The van der Waals surface area contributed by atoms with Crippen molar-refractivity contribution in [2.45, 2.75) is 0 Å². The molecule has 1 aliphatic rings. The predicted octanol–water partition coefficient (Wildman–Crippen LogP) is 3.70. The summed E-state index contributed by atoms with van der Waals surface area (Å²) in [5.74, 6) is 0.840. The van der Waals surface area contributed by atoms with Crippen LogP contribution in [0.2, 0.25) is 0 Å². The second-order valence-corrected chi connectivity index (χ2v) is 4.02. The van der Waals surface area contributed by atoms with Gasteiger partial charge in [-0.1, -0.05) is 29.5 Å². The summed E-state index contributed by atoms with van der Waals surface area (Å²) in [4.78, 5) is 0. The fourth-order valence-corrected chi connectivity index (χ4v) is 1.83. The van der Waals surface area contributed by atoms with Gasteiger partial charge in [0.1, 0.15) is 5.03 Å². The lowest BCUT2D eigenvalue weighted by Crippen LogP contribution is -1.87. The molecule has 15 heavy (non-hydrogen) atoms. The molecule has 2 rings (SSSR count). The lowest BCUT2D eigenvalue weighted by Gasteiger charge is -2.00. The highest BCUT2D eigenvalue weighted by atomic mass is 32.2. The molecule has 0 unspecified atom stereocenters. The Kier molecular flexibility index (Phi) is 3.19. The summed E-state index contributed by atoms with van der Waals surface area (Å²) in [6.45, 7) is 3.68. The number of benzene rings is 1. The number of nitrogens with one attached hydrogen (secondary N) is 1. The van der Waals surface area contributed by atoms with E-state index < -0.39 is 0 Å². The summed E-state index contributed by atoms with van der Waals surface area (Å²) in [6, 6.07) is 7.98. The third-order valence-corrected chi connectivity index (χ3v) is 2.81. The Bertz CT molecular complexity index is 424. The normalized spacial score (nSPS) is 13.5. The van der Waals surface area contributed by atoms with Gasteiger partial charge >= 0.3 is 0 Å². The van der Waals surface area contributed by atoms with Crippen molar-refractivity contribution in [3.63, 3.8) is 0 Å². The molecule has 0 saturated carbocycles. The first-order valence-corrected chi connectivity index (χ1v) is 5.60. The maximum atomic E-state index is 4.07. The fourth-order valence-electron chi connectivity index (χ4n) is 1.23. The van der Waals surface area contributed by atoms with Gasteiger partial charge in [0.05, 0.1) is 5.69 Å². The predicted molar refractivity (Wildman–Crippen MR) is 65.6 cm³/mol. The number of hydrogen-bond donors (Lipinski definition) is 1. The molecule has 0 bridgehead atoms. The highest BCUT2D eigenvalue weighted by Crippen LogP contribution is 2.27. The zero-order valence-corrected chi connectivity index (χ0v) is 9.00. The first-order chi connectivity index (χ1) is 7.40. The number of fused-ring (bicyclic) bond motifs is 1. The molecular weight excluding hydrogens is 206 g/mol. The van der Waals surface area contributed by atoms with Gasteiger partial charge in [-0.25, -0.2) is 0 Å². The summed E-state index contributed by atoms with van der Waals surface area (Å²) in [7, 11) is 0. The maximum absolute atomic E-state index is 4.07. The van der Waals surface area contributed by atoms with E-state index in [0.29, 0.717) is 0 Å². The second-order valence-electron chi connectivity index (χ2n) is 2.98. The minimum Gasteiger partial charge on any atom is -0.259 e. The van der Waals surface area contributed by atoms with Gasteiger partial charge in [0.15, 0.2) is 0 Å².